The van der Waals surface area contributed by atoms with Crippen molar-refractivity contribution >= 4 is 11.6 Å². The van der Waals surface area contributed by atoms with E-state index in [0.29, 0.717) is 27.8 Å². The second-order valence-electron chi connectivity index (χ2n) is 3.93. The first kappa shape index (κ1) is 13.6. The SMILES string of the molecule is COc1ccc(C(O)c2ccc(Cl)c(OC)c2)cn1. The number of hydrogen-bond donors (Lipinski definition) is 1. The van der Waals surface area contributed by atoms with Crippen LogP contribution in [0.15, 0.2) is 36.5 Å². The number of benzene rings is 1. The summed E-state index contributed by atoms with van der Waals surface area (Å²) in [6.07, 6.45) is 0.787. The lowest BCUT2D eigenvalue weighted by Crippen LogP contribution is -2.01. The summed E-state index contributed by atoms with van der Waals surface area (Å²) >= 11 is 5.95. The number of halogens is 1. The summed E-state index contributed by atoms with van der Waals surface area (Å²) < 4.78 is 10.1. The minimum absolute atomic E-state index is 0.504. The van der Waals surface area contributed by atoms with Crippen molar-refractivity contribution in [3.8, 4) is 11.6 Å². The Morgan fingerprint density at radius 1 is 1.11 bits per heavy atom. The normalized spacial score (nSPS) is 12.0. The third-order valence-electron chi connectivity index (χ3n) is 2.78. The van der Waals surface area contributed by atoms with Gasteiger partial charge >= 0.3 is 0 Å². The Morgan fingerprint density at radius 2 is 1.84 bits per heavy atom. The Morgan fingerprint density at radius 3 is 2.42 bits per heavy atom. The molecule has 1 aromatic carbocycles. The fourth-order valence-corrected chi connectivity index (χ4v) is 1.91. The molecule has 0 aliphatic rings. The zero-order chi connectivity index (χ0) is 13.8. The summed E-state index contributed by atoms with van der Waals surface area (Å²) in [7, 11) is 3.08. The quantitative estimate of drug-likeness (QED) is 0.935. The highest BCUT2D eigenvalue weighted by Gasteiger charge is 2.13. The van der Waals surface area contributed by atoms with Crippen LogP contribution in [-0.2, 0) is 0 Å². The van der Waals surface area contributed by atoms with Crippen LogP contribution in [0, 0.1) is 0 Å². The molecule has 100 valence electrons. The number of nitrogens with zero attached hydrogens (tertiary/aromatic N) is 1. The van der Waals surface area contributed by atoms with E-state index < -0.39 is 6.10 Å². The molecule has 0 radical (unpaired) electrons. The lowest BCUT2D eigenvalue weighted by atomic mass is 10.0. The number of ether oxygens (including phenoxy) is 2. The molecule has 1 aromatic heterocycles. The number of aliphatic hydroxyl groups excluding tert-OH is 1. The average molecular weight is 280 g/mol. The molecule has 2 aromatic rings. The van der Waals surface area contributed by atoms with Crippen LogP contribution in [-0.4, -0.2) is 24.3 Å². The van der Waals surface area contributed by atoms with Gasteiger partial charge in [0.15, 0.2) is 0 Å². The van der Waals surface area contributed by atoms with Gasteiger partial charge in [-0.3, -0.25) is 0 Å². The predicted octanol–water partition coefficient (Wildman–Crippen LogP) is 2.83. The van der Waals surface area contributed by atoms with Crippen molar-refractivity contribution < 1.29 is 14.6 Å². The van der Waals surface area contributed by atoms with E-state index in [4.69, 9.17) is 21.1 Å². The molecule has 0 aliphatic heterocycles. The highest BCUT2D eigenvalue weighted by molar-refractivity contribution is 6.32. The van der Waals surface area contributed by atoms with Crippen LogP contribution in [0.2, 0.25) is 5.02 Å². The molecule has 0 spiro atoms. The van der Waals surface area contributed by atoms with Crippen LogP contribution in [0.4, 0.5) is 0 Å². The Balaban J connectivity index is 2.29. The molecule has 0 aliphatic carbocycles. The molecule has 0 saturated carbocycles. The molecule has 0 amide bonds. The van der Waals surface area contributed by atoms with Gasteiger partial charge in [0.1, 0.15) is 11.9 Å². The van der Waals surface area contributed by atoms with Gasteiger partial charge in [0.05, 0.1) is 19.2 Å². The molecule has 0 fully saturated rings. The summed E-state index contributed by atoms with van der Waals surface area (Å²) in [5, 5.41) is 10.8. The Kier molecular flexibility index (Phi) is 4.24. The van der Waals surface area contributed by atoms with Crippen LogP contribution in [0.1, 0.15) is 17.2 Å². The van der Waals surface area contributed by atoms with Crippen LogP contribution >= 0.6 is 11.6 Å². The molecule has 1 N–H and O–H groups in total. The van der Waals surface area contributed by atoms with Gasteiger partial charge in [-0.2, -0.15) is 0 Å². The first-order chi connectivity index (χ1) is 9.15. The van der Waals surface area contributed by atoms with E-state index in [1.807, 2.05) is 0 Å². The minimum atomic E-state index is -0.787. The van der Waals surface area contributed by atoms with E-state index in [1.54, 1.807) is 43.6 Å². The largest absolute Gasteiger partial charge is 0.495 e. The van der Waals surface area contributed by atoms with E-state index in [0.717, 1.165) is 0 Å². The zero-order valence-corrected chi connectivity index (χ0v) is 11.4. The molecule has 1 unspecified atom stereocenters. The monoisotopic (exact) mass is 279 g/mol. The second-order valence-corrected chi connectivity index (χ2v) is 4.34. The third-order valence-corrected chi connectivity index (χ3v) is 3.09. The smallest absolute Gasteiger partial charge is 0.212 e. The summed E-state index contributed by atoms with van der Waals surface area (Å²) in [6.45, 7) is 0. The lowest BCUT2D eigenvalue weighted by Gasteiger charge is -2.13. The Labute approximate surface area is 116 Å². The van der Waals surface area contributed by atoms with E-state index >= 15 is 0 Å². The molecule has 0 bridgehead atoms. The topological polar surface area (TPSA) is 51.6 Å². The zero-order valence-electron chi connectivity index (χ0n) is 10.6. The summed E-state index contributed by atoms with van der Waals surface area (Å²) in [4.78, 5) is 4.06. The van der Waals surface area contributed by atoms with Gasteiger partial charge in [0.25, 0.3) is 0 Å². The van der Waals surface area contributed by atoms with Gasteiger partial charge in [0, 0.05) is 17.8 Å². The standard InChI is InChI=1S/C14H14ClNO3/c1-18-12-7-9(3-5-11(12)15)14(17)10-4-6-13(19-2)16-8-10/h3-8,14,17H,1-2H3. The molecule has 5 heteroatoms. The van der Waals surface area contributed by atoms with Crippen molar-refractivity contribution in [2.75, 3.05) is 14.2 Å². The van der Waals surface area contributed by atoms with Crippen LogP contribution in [0.5, 0.6) is 11.6 Å². The lowest BCUT2D eigenvalue weighted by molar-refractivity contribution is 0.219. The van der Waals surface area contributed by atoms with Gasteiger partial charge in [0.2, 0.25) is 5.88 Å². The number of hydrogen-bond acceptors (Lipinski definition) is 4. The maximum absolute atomic E-state index is 10.3. The summed E-state index contributed by atoms with van der Waals surface area (Å²) in [5.74, 6) is 1.03. The summed E-state index contributed by atoms with van der Waals surface area (Å²) in [6, 6.07) is 8.61. The van der Waals surface area contributed by atoms with E-state index in [9.17, 15) is 5.11 Å². The van der Waals surface area contributed by atoms with Crippen molar-refractivity contribution in [2.24, 2.45) is 0 Å². The van der Waals surface area contributed by atoms with Gasteiger partial charge in [-0.15, -0.1) is 0 Å². The number of pyridine rings is 1. The maximum atomic E-state index is 10.3. The van der Waals surface area contributed by atoms with Gasteiger partial charge in [-0.05, 0) is 23.8 Å². The molecule has 4 nitrogen and oxygen atoms in total. The fourth-order valence-electron chi connectivity index (χ4n) is 1.71. The number of methoxy groups -OCH3 is 2. The average Bonchev–Trinajstić information content (AvgIpc) is 2.47. The van der Waals surface area contributed by atoms with Crippen molar-refractivity contribution in [2.45, 2.75) is 6.10 Å². The minimum Gasteiger partial charge on any atom is -0.495 e. The van der Waals surface area contributed by atoms with Crippen LogP contribution < -0.4 is 9.47 Å². The first-order valence-corrected chi connectivity index (χ1v) is 6.05. The van der Waals surface area contributed by atoms with Gasteiger partial charge < -0.3 is 14.6 Å². The van der Waals surface area contributed by atoms with Gasteiger partial charge in [-0.25, -0.2) is 4.98 Å². The predicted molar refractivity (Wildman–Crippen MR) is 72.9 cm³/mol. The first-order valence-electron chi connectivity index (χ1n) is 5.67. The highest BCUT2D eigenvalue weighted by Crippen LogP contribution is 2.30. The van der Waals surface area contributed by atoms with Crippen LogP contribution in [0.25, 0.3) is 0 Å². The van der Waals surface area contributed by atoms with E-state index in [2.05, 4.69) is 4.98 Å². The Bertz CT molecular complexity index is 557. The molecule has 2 rings (SSSR count). The third kappa shape index (κ3) is 2.97. The van der Waals surface area contributed by atoms with E-state index in [-0.39, 0.29) is 0 Å². The number of aliphatic hydroxyl groups is 1. The Hall–Kier alpha value is -1.78. The molecule has 1 atom stereocenters. The second kappa shape index (κ2) is 5.91. The van der Waals surface area contributed by atoms with Crippen molar-refractivity contribution in [1.82, 2.24) is 4.98 Å². The van der Waals surface area contributed by atoms with Crippen molar-refractivity contribution in [3.05, 3.63) is 52.7 Å². The van der Waals surface area contributed by atoms with Crippen molar-refractivity contribution in [3.63, 3.8) is 0 Å². The molecule has 19 heavy (non-hydrogen) atoms. The van der Waals surface area contributed by atoms with Crippen LogP contribution in [0.3, 0.4) is 0 Å². The molecular formula is C14H14ClNO3. The number of aromatic nitrogens is 1. The maximum Gasteiger partial charge on any atom is 0.212 e. The fraction of sp³-hybridized carbons (Fsp3) is 0.214. The molecule has 0 saturated heterocycles. The van der Waals surface area contributed by atoms with Crippen molar-refractivity contribution in [1.29, 1.82) is 0 Å². The molecular weight excluding hydrogens is 266 g/mol. The highest BCUT2D eigenvalue weighted by atomic mass is 35.5. The molecule has 1 heterocycles. The van der Waals surface area contributed by atoms with Gasteiger partial charge in [-0.1, -0.05) is 17.7 Å². The van der Waals surface area contributed by atoms with E-state index in [1.165, 1.54) is 7.11 Å². The summed E-state index contributed by atoms with van der Waals surface area (Å²) in [5.41, 5.74) is 1.36. The number of rotatable bonds is 4.